The Balaban J connectivity index is 1.21. The zero-order valence-electron chi connectivity index (χ0n) is 24.3. The van der Waals surface area contributed by atoms with E-state index < -0.39 is 0 Å². The molecular formula is C35H33ClN4O3. The second-order valence-corrected chi connectivity index (χ2v) is 11.0. The Hall–Kier alpha value is -4.64. The summed E-state index contributed by atoms with van der Waals surface area (Å²) >= 11 is 6.72. The van der Waals surface area contributed by atoms with E-state index in [2.05, 4.69) is 52.0 Å². The fourth-order valence-corrected chi connectivity index (χ4v) is 5.32. The van der Waals surface area contributed by atoms with Gasteiger partial charge in [-0.3, -0.25) is 9.69 Å². The van der Waals surface area contributed by atoms with Crippen molar-refractivity contribution < 1.29 is 14.3 Å². The van der Waals surface area contributed by atoms with Crippen LogP contribution in [0.4, 0.5) is 0 Å². The number of allylic oxidation sites excluding steroid dienone is 1. The predicted octanol–water partition coefficient (Wildman–Crippen LogP) is 6.95. The van der Waals surface area contributed by atoms with Crippen LogP contribution in [0.5, 0.6) is 17.4 Å². The molecule has 7 nitrogen and oxygen atoms in total. The lowest BCUT2D eigenvalue weighted by Gasteiger charge is -2.37. The molecule has 1 saturated heterocycles. The third kappa shape index (κ3) is 7.81. The number of ether oxygens (including phenoxy) is 2. The lowest BCUT2D eigenvalue weighted by atomic mass is 10.1. The maximum atomic E-state index is 11.6. The molecule has 2 heterocycles. The van der Waals surface area contributed by atoms with E-state index in [4.69, 9.17) is 26.3 Å². The third-order valence-corrected chi connectivity index (χ3v) is 7.68. The SMILES string of the molecule is Cc1ccc(CN2CCN(C(=CC=O)c3cc(C)c(Oc4ccc(OCc5ccc(C#N)cc5)cn4)c(Cl)c3)CC2)cc1. The molecule has 218 valence electrons. The minimum absolute atomic E-state index is 0.360. The molecule has 1 fully saturated rings. The summed E-state index contributed by atoms with van der Waals surface area (Å²) in [5, 5.41) is 9.38. The molecule has 0 aliphatic carbocycles. The van der Waals surface area contributed by atoms with Crippen molar-refractivity contribution in [3.8, 4) is 23.4 Å². The van der Waals surface area contributed by atoms with Gasteiger partial charge >= 0.3 is 0 Å². The second-order valence-electron chi connectivity index (χ2n) is 10.6. The molecule has 0 saturated carbocycles. The zero-order valence-corrected chi connectivity index (χ0v) is 25.1. The van der Waals surface area contributed by atoms with Crippen molar-refractivity contribution in [3.05, 3.63) is 123 Å². The molecule has 4 aromatic rings. The van der Waals surface area contributed by atoms with E-state index in [-0.39, 0.29) is 0 Å². The highest BCUT2D eigenvalue weighted by atomic mass is 35.5. The largest absolute Gasteiger partial charge is 0.487 e. The number of nitrogens with zero attached hydrogens (tertiary/aromatic N) is 4. The maximum Gasteiger partial charge on any atom is 0.219 e. The Morgan fingerprint density at radius 1 is 0.977 bits per heavy atom. The van der Waals surface area contributed by atoms with Crippen molar-refractivity contribution in [1.29, 1.82) is 5.26 Å². The summed E-state index contributed by atoms with van der Waals surface area (Å²) in [6.45, 7) is 8.72. The first-order chi connectivity index (χ1) is 20.9. The molecule has 0 unspecified atom stereocenters. The molecule has 3 aromatic carbocycles. The molecule has 43 heavy (non-hydrogen) atoms. The first-order valence-corrected chi connectivity index (χ1v) is 14.5. The number of rotatable bonds is 10. The van der Waals surface area contributed by atoms with Gasteiger partial charge < -0.3 is 14.4 Å². The lowest BCUT2D eigenvalue weighted by molar-refractivity contribution is -0.104. The van der Waals surface area contributed by atoms with Gasteiger partial charge in [-0.25, -0.2) is 4.98 Å². The summed E-state index contributed by atoms with van der Waals surface area (Å²) in [5.74, 6) is 1.49. The number of hydrogen-bond donors (Lipinski definition) is 0. The summed E-state index contributed by atoms with van der Waals surface area (Å²) in [5.41, 5.74) is 6.68. The Labute approximate surface area is 257 Å². The van der Waals surface area contributed by atoms with Crippen LogP contribution in [0.25, 0.3) is 5.70 Å². The molecule has 0 radical (unpaired) electrons. The van der Waals surface area contributed by atoms with Gasteiger partial charge in [0.1, 0.15) is 18.6 Å². The highest BCUT2D eigenvalue weighted by molar-refractivity contribution is 6.32. The van der Waals surface area contributed by atoms with Crippen LogP contribution in [0.3, 0.4) is 0 Å². The van der Waals surface area contributed by atoms with E-state index in [1.807, 2.05) is 31.2 Å². The van der Waals surface area contributed by atoms with Gasteiger partial charge in [-0.1, -0.05) is 53.6 Å². The number of nitriles is 1. The number of piperazine rings is 1. The third-order valence-electron chi connectivity index (χ3n) is 7.40. The van der Waals surface area contributed by atoms with Gasteiger partial charge in [0.2, 0.25) is 5.88 Å². The van der Waals surface area contributed by atoms with Crippen LogP contribution in [0, 0.1) is 25.2 Å². The van der Waals surface area contributed by atoms with Crippen LogP contribution in [-0.4, -0.2) is 47.2 Å². The van der Waals surface area contributed by atoms with E-state index in [0.717, 1.165) is 61.4 Å². The van der Waals surface area contributed by atoms with E-state index >= 15 is 0 Å². The number of aryl methyl sites for hydroxylation is 2. The van der Waals surface area contributed by atoms with Gasteiger partial charge in [0.15, 0.2) is 5.75 Å². The number of benzene rings is 3. The number of carbonyl (C=O) groups excluding carboxylic acids is 1. The Morgan fingerprint density at radius 3 is 2.33 bits per heavy atom. The van der Waals surface area contributed by atoms with Crippen molar-refractivity contribution >= 4 is 23.6 Å². The van der Waals surface area contributed by atoms with Crippen molar-refractivity contribution in [2.75, 3.05) is 26.2 Å². The average molecular weight is 593 g/mol. The molecule has 0 bridgehead atoms. The topological polar surface area (TPSA) is 78.7 Å². The molecular weight excluding hydrogens is 560 g/mol. The maximum absolute atomic E-state index is 11.6. The smallest absolute Gasteiger partial charge is 0.219 e. The van der Waals surface area contributed by atoms with Gasteiger partial charge in [-0.05, 0) is 66.4 Å². The van der Waals surface area contributed by atoms with E-state index in [9.17, 15) is 4.79 Å². The number of pyridine rings is 1. The van der Waals surface area contributed by atoms with Gasteiger partial charge in [-0.15, -0.1) is 0 Å². The summed E-state index contributed by atoms with van der Waals surface area (Å²) in [4.78, 5) is 20.7. The van der Waals surface area contributed by atoms with Crippen LogP contribution in [0.15, 0.2) is 85.1 Å². The monoisotopic (exact) mass is 592 g/mol. The Bertz CT molecular complexity index is 1600. The number of aldehydes is 1. The van der Waals surface area contributed by atoms with Crippen LogP contribution >= 0.6 is 11.6 Å². The van der Waals surface area contributed by atoms with Gasteiger partial charge in [-0.2, -0.15) is 5.26 Å². The fraction of sp³-hybridized carbons (Fsp3) is 0.229. The first kappa shape index (κ1) is 29.8. The molecule has 1 aliphatic rings. The lowest BCUT2D eigenvalue weighted by Crippen LogP contribution is -2.45. The van der Waals surface area contributed by atoms with Crippen LogP contribution in [0.1, 0.15) is 33.4 Å². The molecule has 0 atom stereocenters. The minimum atomic E-state index is 0.360. The van der Waals surface area contributed by atoms with Crippen molar-refractivity contribution in [3.63, 3.8) is 0 Å². The number of aromatic nitrogens is 1. The summed E-state index contributed by atoms with van der Waals surface area (Å²) < 4.78 is 11.9. The normalized spacial score (nSPS) is 13.8. The van der Waals surface area contributed by atoms with Crippen molar-refractivity contribution in [2.24, 2.45) is 0 Å². The van der Waals surface area contributed by atoms with Crippen molar-refractivity contribution in [2.45, 2.75) is 27.0 Å². The van der Waals surface area contributed by atoms with Gasteiger partial charge in [0.05, 0.1) is 22.9 Å². The van der Waals surface area contributed by atoms with Crippen LogP contribution in [0.2, 0.25) is 5.02 Å². The van der Waals surface area contributed by atoms with E-state index in [0.29, 0.717) is 34.6 Å². The predicted molar refractivity (Wildman–Crippen MR) is 168 cm³/mol. The zero-order chi connectivity index (χ0) is 30.2. The van der Waals surface area contributed by atoms with Crippen LogP contribution in [-0.2, 0) is 17.9 Å². The molecule has 0 spiro atoms. The summed E-state index contributed by atoms with van der Waals surface area (Å²) in [6, 6.07) is 25.4. The summed E-state index contributed by atoms with van der Waals surface area (Å²) in [7, 11) is 0. The van der Waals surface area contributed by atoms with Crippen molar-refractivity contribution in [1.82, 2.24) is 14.8 Å². The van der Waals surface area contributed by atoms with E-state index in [1.54, 1.807) is 36.5 Å². The number of hydrogen-bond acceptors (Lipinski definition) is 7. The standard InChI is InChI=1S/C35H33ClN4O3/c1-25-3-5-28(6-4-25)23-39-14-16-40(17-15-39)33(13-18-41)30-19-26(2)35(32(36)20-30)43-34-12-11-31(22-38-34)42-24-29-9-7-27(21-37)8-10-29/h3-13,18-20,22H,14-17,23-24H2,1-2H3. The molecule has 1 aliphatic heterocycles. The number of halogens is 1. The summed E-state index contributed by atoms with van der Waals surface area (Å²) in [6.07, 6.45) is 4.04. The fourth-order valence-electron chi connectivity index (χ4n) is 5.01. The quantitative estimate of drug-likeness (QED) is 0.146. The van der Waals surface area contributed by atoms with Gasteiger partial charge in [0.25, 0.3) is 0 Å². The first-order valence-electron chi connectivity index (χ1n) is 14.2. The van der Waals surface area contributed by atoms with E-state index in [1.165, 1.54) is 11.1 Å². The second kappa shape index (κ2) is 14.0. The minimum Gasteiger partial charge on any atom is -0.487 e. The molecule has 8 heteroatoms. The van der Waals surface area contributed by atoms with Gasteiger partial charge in [0, 0.05) is 50.6 Å². The average Bonchev–Trinajstić information content (AvgIpc) is 3.03. The molecule has 1 aromatic heterocycles. The highest BCUT2D eigenvalue weighted by Gasteiger charge is 2.21. The number of carbonyl (C=O) groups is 1. The molecule has 0 amide bonds. The molecule has 0 N–H and O–H groups in total. The van der Waals surface area contributed by atoms with Crippen LogP contribution < -0.4 is 9.47 Å². The molecule has 5 rings (SSSR count). The Kier molecular flexibility index (Phi) is 9.73. The Morgan fingerprint density at radius 2 is 1.70 bits per heavy atom. The highest BCUT2D eigenvalue weighted by Crippen LogP contribution is 2.36.